The lowest BCUT2D eigenvalue weighted by Gasteiger charge is -2.24. The fourth-order valence-electron chi connectivity index (χ4n) is 1.00. The second kappa shape index (κ2) is 3.83. The lowest BCUT2D eigenvalue weighted by atomic mass is 9.82. The second-order valence-electron chi connectivity index (χ2n) is 5.45. The minimum absolute atomic E-state index is 0.00678. The monoisotopic (exact) mass is 202 g/mol. The molecule has 0 aliphatic carbocycles. The standard InChI is InChI=1S/C11H19ClO/c1-10(2,3)7-8(9(12)13)11(4,5)6/h7H,1-6H3/b8-7+. The topological polar surface area (TPSA) is 17.1 Å². The van der Waals surface area contributed by atoms with E-state index in [1.807, 2.05) is 26.8 Å². The molecular weight excluding hydrogens is 184 g/mol. The Bertz CT molecular complexity index is 225. The zero-order valence-electron chi connectivity index (χ0n) is 9.36. The Morgan fingerprint density at radius 1 is 1.08 bits per heavy atom. The van der Waals surface area contributed by atoms with E-state index in [1.165, 1.54) is 0 Å². The van der Waals surface area contributed by atoms with Crippen molar-refractivity contribution in [1.82, 2.24) is 0 Å². The summed E-state index contributed by atoms with van der Waals surface area (Å²) in [5.41, 5.74) is 0.515. The molecule has 0 bridgehead atoms. The van der Waals surface area contributed by atoms with Crippen molar-refractivity contribution in [2.75, 3.05) is 0 Å². The van der Waals surface area contributed by atoms with Crippen molar-refractivity contribution < 1.29 is 4.79 Å². The maximum Gasteiger partial charge on any atom is 0.248 e. The first-order valence-corrected chi connectivity index (χ1v) is 4.85. The largest absolute Gasteiger partial charge is 0.276 e. The van der Waals surface area contributed by atoms with Crippen LogP contribution in [0.5, 0.6) is 0 Å². The molecule has 0 N–H and O–H groups in total. The molecule has 0 aliphatic heterocycles. The van der Waals surface area contributed by atoms with Gasteiger partial charge in [0.2, 0.25) is 5.24 Å². The first-order chi connectivity index (χ1) is 5.54. The average Bonchev–Trinajstić information content (AvgIpc) is 1.77. The van der Waals surface area contributed by atoms with Gasteiger partial charge in [0, 0.05) is 5.57 Å². The van der Waals surface area contributed by atoms with Gasteiger partial charge in [0.05, 0.1) is 0 Å². The summed E-state index contributed by atoms with van der Waals surface area (Å²) in [4.78, 5) is 11.2. The molecule has 0 aromatic carbocycles. The average molecular weight is 203 g/mol. The molecule has 0 saturated carbocycles. The number of rotatable bonds is 1. The maximum atomic E-state index is 11.2. The van der Waals surface area contributed by atoms with E-state index in [9.17, 15) is 4.79 Å². The third-order valence-electron chi connectivity index (χ3n) is 1.60. The Morgan fingerprint density at radius 2 is 1.46 bits per heavy atom. The van der Waals surface area contributed by atoms with Gasteiger partial charge in [0.1, 0.15) is 0 Å². The highest BCUT2D eigenvalue weighted by atomic mass is 35.5. The van der Waals surface area contributed by atoms with Crippen molar-refractivity contribution in [2.24, 2.45) is 10.8 Å². The molecule has 0 aromatic heterocycles. The van der Waals surface area contributed by atoms with Gasteiger partial charge in [0.15, 0.2) is 0 Å². The van der Waals surface area contributed by atoms with Gasteiger partial charge in [-0.2, -0.15) is 0 Å². The molecule has 0 radical (unpaired) electrons. The molecule has 0 saturated heterocycles. The predicted octanol–water partition coefficient (Wildman–Crippen LogP) is 3.77. The Hall–Kier alpha value is -0.300. The zero-order chi connectivity index (χ0) is 10.9. The molecule has 0 aromatic rings. The van der Waals surface area contributed by atoms with Crippen molar-refractivity contribution in [1.29, 1.82) is 0 Å². The smallest absolute Gasteiger partial charge is 0.248 e. The van der Waals surface area contributed by atoms with Gasteiger partial charge in [0.25, 0.3) is 0 Å². The summed E-state index contributed by atoms with van der Waals surface area (Å²) in [7, 11) is 0. The lowest BCUT2D eigenvalue weighted by Crippen LogP contribution is -2.17. The number of carbonyl (C=O) groups is 1. The van der Waals surface area contributed by atoms with Crippen molar-refractivity contribution in [3.63, 3.8) is 0 Å². The summed E-state index contributed by atoms with van der Waals surface area (Å²) in [6.45, 7) is 12.1. The molecule has 76 valence electrons. The van der Waals surface area contributed by atoms with E-state index in [0.29, 0.717) is 5.57 Å². The third-order valence-corrected chi connectivity index (χ3v) is 1.80. The second-order valence-corrected chi connectivity index (χ2v) is 5.79. The molecule has 1 nitrogen and oxygen atoms in total. The maximum absolute atomic E-state index is 11.2. The highest BCUT2D eigenvalue weighted by molar-refractivity contribution is 6.67. The van der Waals surface area contributed by atoms with Crippen LogP contribution < -0.4 is 0 Å². The van der Waals surface area contributed by atoms with E-state index in [1.54, 1.807) is 0 Å². The Balaban J connectivity index is 5.06. The molecule has 0 atom stereocenters. The van der Waals surface area contributed by atoms with Crippen molar-refractivity contribution in [2.45, 2.75) is 41.5 Å². The van der Waals surface area contributed by atoms with Crippen molar-refractivity contribution >= 4 is 16.8 Å². The molecule has 0 heterocycles. The highest BCUT2D eigenvalue weighted by Gasteiger charge is 2.24. The molecule has 0 spiro atoms. The minimum atomic E-state index is -0.345. The van der Waals surface area contributed by atoms with Crippen LogP contribution in [0.1, 0.15) is 41.5 Å². The van der Waals surface area contributed by atoms with Crippen LogP contribution in [-0.4, -0.2) is 5.24 Å². The SMILES string of the molecule is CC(C)(C)/C=C(\C(=O)Cl)C(C)(C)C. The molecule has 0 aliphatic rings. The van der Waals surface area contributed by atoms with Crippen LogP contribution >= 0.6 is 11.6 Å². The van der Waals surface area contributed by atoms with Crippen LogP contribution in [0.25, 0.3) is 0 Å². The summed E-state index contributed by atoms with van der Waals surface area (Å²) in [5, 5.41) is -0.345. The third kappa shape index (κ3) is 5.09. The van der Waals surface area contributed by atoms with Crippen LogP contribution in [-0.2, 0) is 4.79 Å². The Morgan fingerprint density at radius 3 is 1.54 bits per heavy atom. The predicted molar refractivity (Wildman–Crippen MR) is 57.9 cm³/mol. The van der Waals surface area contributed by atoms with Crippen LogP contribution in [0.2, 0.25) is 0 Å². The molecule has 0 rings (SSSR count). The normalized spacial score (nSPS) is 14.5. The van der Waals surface area contributed by atoms with Crippen LogP contribution in [0.15, 0.2) is 11.6 Å². The van der Waals surface area contributed by atoms with Gasteiger partial charge in [-0.3, -0.25) is 4.79 Å². The Labute approximate surface area is 86.2 Å². The van der Waals surface area contributed by atoms with Gasteiger partial charge in [-0.05, 0) is 22.4 Å². The molecule has 0 unspecified atom stereocenters. The number of allylic oxidation sites excluding steroid dienone is 2. The van der Waals surface area contributed by atoms with Gasteiger partial charge < -0.3 is 0 Å². The fraction of sp³-hybridized carbons (Fsp3) is 0.727. The highest BCUT2D eigenvalue weighted by Crippen LogP contribution is 2.31. The van der Waals surface area contributed by atoms with E-state index in [0.717, 1.165) is 0 Å². The van der Waals surface area contributed by atoms with E-state index in [2.05, 4.69) is 20.8 Å². The Kier molecular flexibility index (Phi) is 3.74. The molecule has 0 amide bonds. The van der Waals surface area contributed by atoms with E-state index >= 15 is 0 Å². The summed E-state index contributed by atoms with van der Waals surface area (Å²) in [5.74, 6) is 0. The van der Waals surface area contributed by atoms with Crippen LogP contribution in [0, 0.1) is 10.8 Å². The first-order valence-electron chi connectivity index (χ1n) is 4.47. The van der Waals surface area contributed by atoms with Crippen LogP contribution in [0.4, 0.5) is 0 Å². The van der Waals surface area contributed by atoms with Gasteiger partial charge in [-0.15, -0.1) is 0 Å². The quantitative estimate of drug-likeness (QED) is 0.467. The summed E-state index contributed by atoms with van der Waals surface area (Å²) in [6.07, 6.45) is 1.95. The van der Waals surface area contributed by atoms with Crippen molar-refractivity contribution in [3.8, 4) is 0 Å². The molecule has 0 fully saturated rings. The number of hydrogen-bond acceptors (Lipinski definition) is 1. The molecule has 2 heteroatoms. The summed E-state index contributed by atoms with van der Waals surface area (Å²) in [6, 6.07) is 0. The van der Waals surface area contributed by atoms with Crippen LogP contribution in [0.3, 0.4) is 0 Å². The van der Waals surface area contributed by atoms with Crippen molar-refractivity contribution in [3.05, 3.63) is 11.6 Å². The fourth-order valence-corrected chi connectivity index (χ4v) is 1.34. The number of halogens is 1. The first kappa shape index (κ1) is 12.7. The molecule has 13 heavy (non-hydrogen) atoms. The van der Waals surface area contributed by atoms with Gasteiger partial charge >= 0.3 is 0 Å². The number of carbonyl (C=O) groups excluding carboxylic acids is 1. The summed E-state index contributed by atoms with van der Waals surface area (Å²) >= 11 is 5.53. The molecular formula is C11H19ClO. The van der Waals surface area contributed by atoms with E-state index < -0.39 is 0 Å². The number of hydrogen-bond donors (Lipinski definition) is 0. The minimum Gasteiger partial charge on any atom is -0.276 e. The van der Waals surface area contributed by atoms with E-state index in [4.69, 9.17) is 11.6 Å². The lowest BCUT2D eigenvalue weighted by molar-refractivity contribution is -0.109. The summed E-state index contributed by atoms with van der Waals surface area (Å²) < 4.78 is 0. The van der Waals surface area contributed by atoms with Gasteiger partial charge in [-0.1, -0.05) is 47.6 Å². The zero-order valence-corrected chi connectivity index (χ0v) is 10.1. The van der Waals surface area contributed by atoms with Gasteiger partial charge in [-0.25, -0.2) is 0 Å². The van der Waals surface area contributed by atoms with E-state index in [-0.39, 0.29) is 16.1 Å².